The molecule has 12 nitrogen and oxygen atoms in total. The van der Waals surface area contributed by atoms with Crippen molar-refractivity contribution in [2.24, 2.45) is 16.1 Å². The number of carbonyl (C=O) groups is 1. The van der Waals surface area contributed by atoms with Gasteiger partial charge in [0.05, 0.1) is 43.6 Å². The molecule has 2 aromatic carbocycles. The maximum absolute atomic E-state index is 13.5. The van der Waals surface area contributed by atoms with Crippen LogP contribution < -0.4 is 5.32 Å². The number of aromatic hydroxyl groups is 1. The summed E-state index contributed by atoms with van der Waals surface area (Å²) in [6.45, 7) is 15.6. The summed E-state index contributed by atoms with van der Waals surface area (Å²) in [5, 5.41) is 27.9. The van der Waals surface area contributed by atoms with Gasteiger partial charge in [-0.05, 0) is 29.0 Å². The summed E-state index contributed by atoms with van der Waals surface area (Å²) in [6.07, 6.45) is 11.8. The molecule has 0 saturated carbocycles. The van der Waals surface area contributed by atoms with Crippen LogP contribution in [0.25, 0.3) is 21.6 Å². The van der Waals surface area contributed by atoms with Gasteiger partial charge in [-0.25, -0.2) is 14.8 Å². The maximum atomic E-state index is 13.5. The van der Waals surface area contributed by atoms with E-state index in [1.54, 1.807) is 36.4 Å². The van der Waals surface area contributed by atoms with Crippen LogP contribution in [0.3, 0.4) is 0 Å². The van der Waals surface area contributed by atoms with Crippen molar-refractivity contribution in [3.05, 3.63) is 121 Å². The predicted molar refractivity (Wildman–Crippen MR) is 159 cm³/mol. The number of amides is 1. The number of nitrogens with one attached hydrogen (secondary N) is 1. The van der Waals surface area contributed by atoms with E-state index in [9.17, 15) is 9.90 Å². The third-order valence-corrected chi connectivity index (χ3v) is 6.34. The number of benzene rings is 2. The summed E-state index contributed by atoms with van der Waals surface area (Å²) in [5.74, 6) is -0.114. The second-order valence-electron chi connectivity index (χ2n) is 9.20. The smallest absolute Gasteiger partial charge is 0.260 e. The van der Waals surface area contributed by atoms with Crippen molar-refractivity contribution < 1.29 is 19.4 Å². The van der Waals surface area contributed by atoms with Crippen molar-refractivity contribution in [3.8, 4) is 11.7 Å². The molecule has 1 unspecified atom stereocenters. The van der Waals surface area contributed by atoms with E-state index in [1.807, 2.05) is 18.2 Å². The molecule has 1 amide bonds. The standard InChI is InChI=1S/C31H26N8O4/c1-4-42-15-12-20(2)43-19-21-10-11-23(16-21)36-30(41)27-24-9-6-5-8-22(24)17-25(28(27)40)37-38-29-26(32-3)18-35-39(29)31-33-13-7-14-34-31/h4-11,13-14,16-18,21,40H,1-2,12,15,19H2,(H,36,41). The highest BCUT2D eigenvalue weighted by atomic mass is 16.5. The monoisotopic (exact) mass is 574 g/mol. The molecule has 2 heterocycles. The Morgan fingerprint density at radius 1 is 1.23 bits per heavy atom. The number of ether oxygens (including phenoxy) is 2. The Labute approximate surface area is 246 Å². The number of nitrogens with zero attached hydrogens (tertiary/aromatic N) is 7. The van der Waals surface area contributed by atoms with Crippen molar-refractivity contribution >= 4 is 33.9 Å². The van der Waals surface area contributed by atoms with Gasteiger partial charge in [0.1, 0.15) is 5.69 Å². The summed E-state index contributed by atoms with van der Waals surface area (Å²) < 4.78 is 12.1. The molecule has 43 heavy (non-hydrogen) atoms. The maximum Gasteiger partial charge on any atom is 0.260 e. The van der Waals surface area contributed by atoms with Crippen molar-refractivity contribution in [1.29, 1.82) is 0 Å². The van der Waals surface area contributed by atoms with E-state index in [-0.39, 0.29) is 40.4 Å². The number of hydrogen-bond acceptors (Lipinski definition) is 9. The Bertz CT molecular complexity index is 1820. The molecule has 0 bridgehead atoms. The largest absolute Gasteiger partial charge is 0.505 e. The molecule has 214 valence electrons. The first-order valence-corrected chi connectivity index (χ1v) is 13.1. The lowest BCUT2D eigenvalue weighted by Gasteiger charge is -2.12. The highest BCUT2D eigenvalue weighted by Crippen LogP contribution is 2.39. The molecule has 4 aromatic rings. The van der Waals surface area contributed by atoms with Gasteiger partial charge in [-0.1, -0.05) is 49.6 Å². The molecule has 5 rings (SSSR count). The van der Waals surface area contributed by atoms with Crippen molar-refractivity contribution in [3.63, 3.8) is 0 Å². The lowest BCUT2D eigenvalue weighted by molar-refractivity contribution is 0.0966. The molecule has 1 aliphatic carbocycles. The van der Waals surface area contributed by atoms with Gasteiger partial charge < -0.3 is 19.9 Å². The first-order chi connectivity index (χ1) is 21.0. The topological polar surface area (TPSA) is 140 Å². The Balaban J connectivity index is 1.39. The van der Waals surface area contributed by atoms with Crippen LogP contribution in [0.1, 0.15) is 16.8 Å². The molecule has 1 aliphatic rings. The molecule has 0 fully saturated rings. The fourth-order valence-corrected chi connectivity index (χ4v) is 4.27. The minimum Gasteiger partial charge on any atom is -0.505 e. The molecule has 2 aromatic heterocycles. The van der Waals surface area contributed by atoms with Crippen LogP contribution in [0.2, 0.25) is 0 Å². The van der Waals surface area contributed by atoms with E-state index in [1.165, 1.54) is 29.5 Å². The van der Waals surface area contributed by atoms with Gasteiger partial charge in [0.25, 0.3) is 17.5 Å². The summed E-state index contributed by atoms with van der Waals surface area (Å²) in [7, 11) is 0. The zero-order valence-corrected chi connectivity index (χ0v) is 22.9. The Morgan fingerprint density at radius 3 is 2.84 bits per heavy atom. The second kappa shape index (κ2) is 13.0. The van der Waals surface area contributed by atoms with E-state index in [2.05, 4.69) is 48.6 Å². The fraction of sp³-hybridized carbons (Fsp3) is 0.129. The van der Waals surface area contributed by atoms with Gasteiger partial charge in [0, 0.05) is 30.4 Å². The Kier molecular flexibility index (Phi) is 8.63. The van der Waals surface area contributed by atoms with E-state index in [4.69, 9.17) is 16.0 Å². The molecule has 0 aliphatic heterocycles. The van der Waals surface area contributed by atoms with E-state index in [0.29, 0.717) is 41.9 Å². The van der Waals surface area contributed by atoms with E-state index in [0.717, 1.165) is 0 Å². The van der Waals surface area contributed by atoms with Gasteiger partial charge in [-0.15, -0.1) is 10.2 Å². The van der Waals surface area contributed by atoms with Crippen molar-refractivity contribution in [1.82, 2.24) is 25.1 Å². The molecular weight excluding hydrogens is 548 g/mol. The fourth-order valence-electron chi connectivity index (χ4n) is 4.27. The van der Waals surface area contributed by atoms with Gasteiger partial charge in [0.15, 0.2) is 11.6 Å². The third kappa shape index (κ3) is 6.47. The Morgan fingerprint density at radius 2 is 2.05 bits per heavy atom. The average Bonchev–Trinajstić information content (AvgIpc) is 3.66. The van der Waals surface area contributed by atoms with Crippen LogP contribution in [-0.2, 0) is 9.47 Å². The highest BCUT2D eigenvalue weighted by Gasteiger charge is 2.22. The van der Waals surface area contributed by atoms with Crippen LogP contribution in [-0.4, -0.2) is 44.0 Å². The summed E-state index contributed by atoms with van der Waals surface area (Å²) >= 11 is 0. The molecule has 0 radical (unpaired) electrons. The number of aromatic nitrogens is 4. The normalized spacial score (nSPS) is 13.9. The van der Waals surface area contributed by atoms with Crippen LogP contribution in [0, 0.1) is 12.5 Å². The number of hydrogen-bond donors (Lipinski definition) is 2. The van der Waals surface area contributed by atoms with E-state index >= 15 is 0 Å². The van der Waals surface area contributed by atoms with Gasteiger partial charge in [-0.2, -0.15) is 9.78 Å². The van der Waals surface area contributed by atoms with Crippen molar-refractivity contribution in [2.75, 3.05) is 13.2 Å². The van der Waals surface area contributed by atoms with Crippen LogP contribution >= 0.6 is 0 Å². The van der Waals surface area contributed by atoms with Crippen LogP contribution in [0.4, 0.5) is 17.2 Å². The van der Waals surface area contributed by atoms with E-state index < -0.39 is 5.91 Å². The number of azo groups is 1. The second-order valence-corrected chi connectivity index (χ2v) is 9.20. The third-order valence-electron chi connectivity index (χ3n) is 6.34. The number of fused-ring (bicyclic) bond motifs is 1. The van der Waals surface area contributed by atoms with Crippen LogP contribution in [0.5, 0.6) is 5.75 Å². The lowest BCUT2D eigenvalue weighted by atomic mass is 10.0. The number of allylic oxidation sites excluding steroid dienone is 1. The molecular formula is C31H26N8O4. The van der Waals surface area contributed by atoms with Gasteiger partial charge in [-0.3, -0.25) is 4.79 Å². The minimum absolute atomic E-state index is 0.0296. The molecule has 0 spiro atoms. The quantitative estimate of drug-likeness (QED) is 0.0867. The zero-order chi connectivity index (χ0) is 30.2. The number of phenols is 1. The summed E-state index contributed by atoms with van der Waals surface area (Å²) in [5.41, 5.74) is 0.731. The number of rotatable bonds is 12. The summed E-state index contributed by atoms with van der Waals surface area (Å²) in [4.78, 5) is 25.3. The van der Waals surface area contributed by atoms with Crippen LogP contribution in [0.15, 0.2) is 114 Å². The lowest BCUT2D eigenvalue weighted by Crippen LogP contribution is -2.22. The zero-order valence-electron chi connectivity index (χ0n) is 22.9. The predicted octanol–water partition coefficient (Wildman–Crippen LogP) is 6.37. The average molecular weight is 575 g/mol. The highest BCUT2D eigenvalue weighted by molar-refractivity contribution is 6.11. The van der Waals surface area contributed by atoms with Crippen molar-refractivity contribution in [2.45, 2.75) is 6.42 Å². The number of carbonyl (C=O) groups excluding carboxylic acids is 1. The molecule has 12 heteroatoms. The first kappa shape index (κ1) is 28.4. The number of phenolic OH excluding ortho intramolecular Hbond substituents is 1. The van der Waals surface area contributed by atoms with Gasteiger partial charge >= 0.3 is 0 Å². The van der Waals surface area contributed by atoms with Gasteiger partial charge in [0.2, 0.25) is 0 Å². The molecule has 2 N–H and O–H groups in total. The first-order valence-electron chi connectivity index (χ1n) is 13.1. The molecule has 0 saturated heterocycles. The minimum atomic E-state index is -0.529. The molecule has 1 atom stereocenters. The SMILES string of the molecule is [C-]#[N+]c1cnn(-c2ncccn2)c1N=Nc1cc2ccccc2c(C(=O)NC2=CC(COC(=C)CCOC=C)C=C2)c1O. The Hall–Kier alpha value is -6.09. The summed E-state index contributed by atoms with van der Waals surface area (Å²) in [6, 6.07) is 10.4.